The van der Waals surface area contributed by atoms with Crippen molar-refractivity contribution < 1.29 is 0 Å². The summed E-state index contributed by atoms with van der Waals surface area (Å²) in [5, 5.41) is 5.83. The molecule has 3 unspecified atom stereocenters. The average molecular weight is 303 g/mol. The number of thiophene rings is 1. The van der Waals surface area contributed by atoms with E-state index in [1.54, 1.807) is 11.3 Å². The lowest BCUT2D eigenvalue weighted by atomic mass is 9.80. The van der Waals surface area contributed by atoms with Gasteiger partial charge in [-0.25, -0.2) is 4.98 Å². The second kappa shape index (κ2) is 6.75. The molecule has 2 aromatic heterocycles. The average Bonchev–Trinajstić information content (AvgIpc) is 3.18. The summed E-state index contributed by atoms with van der Waals surface area (Å²) < 4.78 is 2.42. The van der Waals surface area contributed by atoms with Crippen molar-refractivity contribution in [3.63, 3.8) is 0 Å². The minimum absolute atomic E-state index is 0.531. The highest BCUT2D eigenvalue weighted by atomic mass is 32.1. The van der Waals surface area contributed by atoms with Crippen molar-refractivity contribution in [2.45, 2.75) is 51.6 Å². The van der Waals surface area contributed by atoms with E-state index in [-0.39, 0.29) is 0 Å². The number of hydrogen-bond donors (Lipinski definition) is 1. The Labute approximate surface area is 131 Å². The van der Waals surface area contributed by atoms with Crippen molar-refractivity contribution in [2.24, 2.45) is 5.92 Å². The zero-order chi connectivity index (χ0) is 14.7. The Morgan fingerprint density at radius 1 is 1.38 bits per heavy atom. The Hall–Kier alpha value is -1.13. The maximum Gasteiger partial charge on any atom is 0.150 e. The van der Waals surface area contributed by atoms with Gasteiger partial charge in [0.05, 0.1) is 10.9 Å². The Bertz CT molecular complexity index is 546. The SMILES string of the molecule is CCNC1CCC(CC)CC1n1ccnc1-c1cccs1. The van der Waals surface area contributed by atoms with Gasteiger partial charge in [0.2, 0.25) is 0 Å². The van der Waals surface area contributed by atoms with Crippen LogP contribution in [-0.2, 0) is 0 Å². The number of nitrogens with zero attached hydrogens (tertiary/aromatic N) is 2. The molecule has 21 heavy (non-hydrogen) atoms. The van der Waals surface area contributed by atoms with Crippen LogP contribution >= 0.6 is 11.3 Å². The fourth-order valence-corrected chi connectivity index (χ4v) is 4.31. The van der Waals surface area contributed by atoms with Gasteiger partial charge in [0.15, 0.2) is 0 Å². The third kappa shape index (κ3) is 3.06. The molecule has 0 amide bonds. The zero-order valence-corrected chi connectivity index (χ0v) is 13.8. The lowest BCUT2D eigenvalue weighted by Crippen LogP contribution is -2.41. The van der Waals surface area contributed by atoms with E-state index in [2.05, 4.69) is 52.4 Å². The summed E-state index contributed by atoms with van der Waals surface area (Å²) in [7, 11) is 0. The van der Waals surface area contributed by atoms with Gasteiger partial charge in [0, 0.05) is 18.4 Å². The summed E-state index contributed by atoms with van der Waals surface area (Å²) in [5.41, 5.74) is 0. The molecule has 1 saturated carbocycles. The number of likely N-dealkylation sites (N-methyl/N-ethyl adjacent to an activating group) is 1. The topological polar surface area (TPSA) is 29.9 Å². The van der Waals surface area contributed by atoms with Crippen LogP contribution in [0, 0.1) is 5.92 Å². The standard InChI is InChI=1S/C17H25N3S/c1-3-13-7-8-14(18-4-2)15(12-13)20-10-9-19-17(20)16-6-5-11-21-16/h5-6,9-11,13-15,18H,3-4,7-8,12H2,1-2H3. The van der Waals surface area contributed by atoms with Crippen molar-refractivity contribution in [1.29, 1.82) is 0 Å². The van der Waals surface area contributed by atoms with Crippen LogP contribution in [0.4, 0.5) is 0 Å². The minimum Gasteiger partial charge on any atom is -0.326 e. The first kappa shape index (κ1) is 14.8. The lowest BCUT2D eigenvalue weighted by Gasteiger charge is -2.37. The van der Waals surface area contributed by atoms with Crippen LogP contribution in [0.2, 0.25) is 0 Å². The summed E-state index contributed by atoms with van der Waals surface area (Å²) in [4.78, 5) is 5.90. The van der Waals surface area contributed by atoms with Gasteiger partial charge in [-0.3, -0.25) is 0 Å². The van der Waals surface area contributed by atoms with Gasteiger partial charge in [-0.15, -0.1) is 11.3 Å². The van der Waals surface area contributed by atoms with Crippen LogP contribution in [0.1, 0.15) is 45.6 Å². The summed E-state index contributed by atoms with van der Waals surface area (Å²) in [6.07, 6.45) is 9.31. The molecule has 1 aliphatic rings. The first-order valence-electron chi connectivity index (χ1n) is 8.13. The molecule has 3 rings (SSSR count). The first-order chi connectivity index (χ1) is 10.3. The summed E-state index contributed by atoms with van der Waals surface area (Å²) in [6.45, 7) is 5.57. The highest BCUT2D eigenvalue weighted by molar-refractivity contribution is 7.13. The predicted octanol–water partition coefficient (Wildman–Crippen LogP) is 4.34. The van der Waals surface area contributed by atoms with Crippen molar-refractivity contribution in [2.75, 3.05) is 6.54 Å². The molecular formula is C17H25N3S. The van der Waals surface area contributed by atoms with E-state index in [9.17, 15) is 0 Å². The Balaban J connectivity index is 1.90. The second-order valence-corrected chi connectivity index (χ2v) is 6.90. The summed E-state index contributed by atoms with van der Waals surface area (Å²) in [6, 6.07) is 5.39. The molecule has 3 atom stereocenters. The van der Waals surface area contributed by atoms with E-state index in [0.29, 0.717) is 12.1 Å². The molecule has 0 spiro atoms. The number of aromatic nitrogens is 2. The van der Waals surface area contributed by atoms with E-state index in [0.717, 1.165) is 18.3 Å². The molecule has 2 aromatic rings. The van der Waals surface area contributed by atoms with Crippen LogP contribution < -0.4 is 5.32 Å². The number of imidazole rings is 1. The van der Waals surface area contributed by atoms with Gasteiger partial charge < -0.3 is 9.88 Å². The third-order valence-corrected chi connectivity index (χ3v) is 5.60. The van der Waals surface area contributed by atoms with Crippen molar-refractivity contribution in [3.8, 4) is 10.7 Å². The Morgan fingerprint density at radius 3 is 3.00 bits per heavy atom. The van der Waals surface area contributed by atoms with Gasteiger partial charge in [-0.05, 0) is 43.2 Å². The summed E-state index contributed by atoms with van der Waals surface area (Å²) in [5.74, 6) is 1.98. The van der Waals surface area contributed by atoms with Crippen LogP contribution in [0.15, 0.2) is 29.9 Å². The Morgan fingerprint density at radius 2 is 2.29 bits per heavy atom. The van der Waals surface area contributed by atoms with Gasteiger partial charge in [-0.2, -0.15) is 0 Å². The van der Waals surface area contributed by atoms with Gasteiger partial charge in [0.1, 0.15) is 5.82 Å². The maximum atomic E-state index is 4.62. The highest BCUT2D eigenvalue weighted by Gasteiger charge is 2.31. The molecule has 0 saturated heterocycles. The van der Waals surface area contributed by atoms with Gasteiger partial charge in [0.25, 0.3) is 0 Å². The smallest absolute Gasteiger partial charge is 0.150 e. The van der Waals surface area contributed by atoms with E-state index < -0.39 is 0 Å². The van der Waals surface area contributed by atoms with Gasteiger partial charge >= 0.3 is 0 Å². The van der Waals surface area contributed by atoms with Crippen LogP contribution in [0.3, 0.4) is 0 Å². The zero-order valence-electron chi connectivity index (χ0n) is 13.0. The minimum atomic E-state index is 0.531. The number of nitrogens with one attached hydrogen (secondary N) is 1. The predicted molar refractivity (Wildman–Crippen MR) is 89.7 cm³/mol. The molecule has 1 N–H and O–H groups in total. The monoisotopic (exact) mass is 303 g/mol. The maximum absolute atomic E-state index is 4.62. The molecule has 0 aromatic carbocycles. The van der Waals surface area contributed by atoms with Crippen LogP contribution in [0.25, 0.3) is 10.7 Å². The quantitative estimate of drug-likeness (QED) is 0.890. The fourth-order valence-electron chi connectivity index (χ4n) is 3.59. The molecule has 3 nitrogen and oxygen atoms in total. The van der Waals surface area contributed by atoms with E-state index >= 15 is 0 Å². The molecule has 2 heterocycles. The molecule has 1 fully saturated rings. The lowest BCUT2D eigenvalue weighted by molar-refractivity contribution is 0.205. The fraction of sp³-hybridized carbons (Fsp3) is 0.588. The van der Waals surface area contributed by atoms with Crippen LogP contribution in [0.5, 0.6) is 0 Å². The molecule has 0 bridgehead atoms. The molecule has 114 valence electrons. The van der Waals surface area contributed by atoms with E-state index in [1.165, 1.54) is 30.6 Å². The van der Waals surface area contributed by atoms with E-state index in [1.807, 2.05) is 6.20 Å². The van der Waals surface area contributed by atoms with E-state index in [4.69, 9.17) is 0 Å². The molecule has 1 aliphatic carbocycles. The summed E-state index contributed by atoms with van der Waals surface area (Å²) >= 11 is 1.78. The molecule has 0 aliphatic heterocycles. The molecular weight excluding hydrogens is 278 g/mol. The number of rotatable bonds is 5. The van der Waals surface area contributed by atoms with Gasteiger partial charge in [-0.1, -0.05) is 26.3 Å². The second-order valence-electron chi connectivity index (χ2n) is 5.95. The molecule has 0 radical (unpaired) electrons. The molecule has 4 heteroatoms. The van der Waals surface area contributed by atoms with Crippen molar-refractivity contribution >= 4 is 11.3 Å². The normalized spacial score (nSPS) is 26.1. The van der Waals surface area contributed by atoms with Crippen molar-refractivity contribution in [1.82, 2.24) is 14.9 Å². The first-order valence-corrected chi connectivity index (χ1v) is 9.01. The van der Waals surface area contributed by atoms with Crippen molar-refractivity contribution in [3.05, 3.63) is 29.9 Å². The number of hydrogen-bond acceptors (Lipinski definition) is 3. The highest BCUT2D eigenvalue weighted by Crippen LogP contribution is 2.37. The Kier molecular flexibility index (Phi) is 4.76. The largest absolute Gasteiger partial charge is 0.326 e. The third-order valence-electron chi connectivity index (χ3n) is 4.74. The van der Waals surface area contributed by atoms with Crippen LogP contribution in [-0.4, -0.2) is 22.1 Å².